The molecular weight excluding hydrogens is 513 g/mol. The molecule has 9 heteroatoms. The second-order valence-corrected chi connectivity index (χ2v) is 9.72. The van der Waals surface area contributed by atoms with E-state index in [-0.39, 0.29) is 30.3 Å². The smallest absolute Gasteiger partial charge is 0.329 e. The van der Waals surface area contributed by atoms with Gasteiger partial charge in [-0.3, -0.25) is 14.5 Å². The van der Waals surface area contributed by atoms with E-state index in [0.29, 0.717) is 22.6 Å². The number of ether oxygens (including phenoxy) is 2. The second-order valence-electron chi connectivity index (χ2n) is 9.72. The zero-order valence-electron chi connectivity index (χ0n) is 22.2. The summed E-state index contributed by atoms with van der Waals surface area (Å²) in [5.41, 5.74) is 2.51. The number of urea groups is 1. The van der Waals surface area contributed by atoms with Gasteiger partial charge in [-0.25, -0.2) is 9.18 Å². The molecular formula is C31H30FN3O5. The van der Waals surface area contributed by atoms with E-state index >= 15 is 0 Å². The van der Waals surface area contributed by atoms with Crippen LogP contribution in [0.5, 0.6) is 11.5 Å². The fraction of sp³-hybridized carbons (Fsp3) is 0.258. The molecule has 3 aromatic carbocycles. The molecule has 2 aliphatic heterocycles. The number of carbonyl (C=O) groups excluding carboxylic acids is 3. The Labute approximate surface area is 232 Å². The van der Waals surface area contributed by atoms with Gasteiger partial charge in [0.05, 0.1) is 13.7 Å². The number of hydrogen-bond donors (Lipinski definition) is 1. The molecule has 0 aromatic heterocycles. The van der Waals surface area contributed by atoms with E-state index in [1.54, 1.807) is 30.3 Å². The molecule has 40 heavy (non-hydrogen) atoms. The Kier molecular flexibility index (Phi) is 8.10. The number of halogens is 1. The summed E-state index contributed by atoms with van der Waals surface area (Å²) in [4.78, 5) is 40.8. The molecule has 1 N–H and O–H groups in total. The number of amides is 4. The molecule has 3 aromatic rings. The van der Waals surface area contributed by atoms with Crippen molar-refractivity contribution in [2.75, 3.05) is 20.2 Å². The number of nitrogens with zero attached hydrogens (tertiary/aromatic N) is 2. The first kappa shape index (κ1) is 26.9. The van der Waals surface area contributed by atoms with Crippen LogP contribution in [0.2, 0.25) is 0 Å². The predicted molar refractivity (Wildman–Crippen MR) is 147 cm³/mol. The zero-order chi connectivity index (χ0) is 28.1. The van der Waals surface area contributed by atoms with Gasteiger partial charge in [0.25, 0.3) is 11.8 Å². The van der Waals surface area contributed by atoms with Crippen LogP contribution in [-0.2, 0) is 17.9 Å². The van der Waals surface area contributed by atoms with Crippen LogP contribution < -0.4 is 14.8 Å². The molecule has 0 spiro atoms. The summed E-state index contributed by atoms with van der Waals surface area (Å²) in [6.07, 6.45) is 4.81. The molecule has 0 bridgehead atoms. The third-order valence-electron chi connectivity index (χ3n) is 6.99. The monoisotopic (exact) mass is 543 g/mol. The van der Waals surface area contributed by atoms with Crippen molar-refractivity contribution in [1.82, 2.24) is 15.1 Å². The molecule has 0 unspecified atom stereocenters. The fourth-order valence-corrected chi connectivity index (χ4v) is 4.76. The lowest BCUT2D eigenvalue weighted by molar-refractivity contribution is -0.123. The van der Waals surface area contributed by atoms with Crippen LogP contribution in [0.15, 0.2) is 72.4 Å². The fourth-order valence-electron chi connectivity index (χ4n) is 4.76. The highest BCUT2D eigenvalue weighted by molar-refractivity contribution is 6.13. The number of imide groups is 1. The van der Waals surface area contributed by atoms with Crippen molar-refractivity contribution in [2.24, 2.45) is 0 Å². The Morgan fingerprint density at radius 1 is 0.975 bits per heavy atom. The van der Waals surface area contributed by atoms with Gasteiger partial charge >= 0.3 is 6.03 Å². The maximum Gasteiger partial charge on any atom is 0.329 e. The Hall–Kier alpha value is -4.66. The summed E-state index contributed by atoms with van der Waals surface area (Å²) in [7, 11) is 1.51. The van der Waals surface area contributed by atoms with Crippen LogP contribution in [0.3, 0.4) is 0 Å². The Balaban J connectivity index is 1.23. The number of likely N-dealkylation sites (tertiary alicyclic amines) is 1. The standard InChI is InChI=1S/C31H30FN3O5/c1-39-28-18-22(17-26-30(37)35(31(38)33-26)19-24-7-3-4-8-25(24)32)11-14-27(28)40-20-21-9-12-23(13-10-21)29(36)34-15-5-2-6-16-34/h3-4,7-14,17-18H,2,5-6,15-16,19-20H2,1H3,(H,33,38)/b26-17-. The quantitative estimate of drug-likeness (QED) is 0.314. The minimum atomic E-state index is -0.616. The van der Waals surface area contributed by atoms with Crippen molar-refractivity contribution < 1.29 is 28.2 Å². The largest absolute Gasteiger partial charge is 0.493 e. The van der Waals surface area contributed by atoms with Gasteiger partial charge in [-0.1, -0.05) is 36.4 Å². The lowest BCUT2D eigenvalue weighted by atomic mass is 10.1. The van der Waals surface area contributed by atoms with Crippen LogP contribution in [0.4, 0.5) is 9.18 Å². The average Bonchev–Trinajstić information content (AvgIpc) is 3.25. The predicted octanol–water partition coefficient (Wildman–Crippen LogP) is 5.13. The molecule has 2 saturated heterocycles. The topological polar surface area (TPSA) is 88.2 Å². The molecule has 2 heterocycles. The summed E-state index contributed by atoms with van der Waals surface area (Å²) in [5.74, 6) is -0.0179. The number of hydrogen-bond acceptors (Lipinski definition) is 5. The van der Waals surface area contributed by atoms with Crippen molar-refractivity contribution in [3.8, 4) is 11.5 Å². The van der Waals surface area contributed by atoms with E-state index in [2.05, 4.69) is 5.32 Å². The number of benzene rings is 3. The van der Waals surface area contributed by atoms with E-state index in [4.69, 9.17) is 9.47 Å². The van der Waals surface area contributed by atoms with E-state index in [0.717, 1.165) is 36.4 Å². The molecule has 2 aliphatic rings. The van der Waals surface area contributed by atoms with Crippen molar-refractivity contribution in [2.45, 2.75) is 32.4 Å². The highest BCUT2D eigenvalue weighted by Crippen LogP contribution is 2.30. The molecule has 0 saturated carbocycles. The highest BCUT2D eigenvalue weighted by Gasteiger charge is 2.34. The van der Waals surface area contributed by atoms with Crippen LogP contribution in [0, 0.1) is 5.82 Å². The van der Waals surface area contributed by atoms with E-state index in [9.17, 15) is 18.8 Å². The number of nitrogens with one attached hydrogen (secondary N) is 1. The Bertz CT molecular complexity index is 1450. The molecule has 2 fully saturated rings. The normalized spacial score (nSPS) is 16.3. The van der Waals surface area contributed by atoms with Gasteiger partial charge in [-0.2, -0.15) is 0 Å². The zero-order valence-corrected chi connectivity index (χ0v) is 22.2. The molecule has 0 radical (unpaired) electrons. The number of carbonyl (C=O) groups is 3. The SMILES string of the molecule is COc1cc(/C=C2\NC(=O)N(Cc3ccccc3F)C2=O)ccc1OCc1ccc(C(=O)N2CCCCC2)cc1. The number of methoxy groups -OCH3 is 1. The maximum atomic E-state index is 14.0. The van der Waals surface area contributed by atoms with Gasteiger partial charge < -0.3 is 19.7 Å². The van der Waals surface area contributed by atoms with E-state index in [1.807, 2.05) is 29.2 Å². The Morgan fingerprint density at radius 3 is 2.45 bits per heavy atom. The summed E-state index contributed by atoms with van der Waals surface area (Å²) < 4.78 is 25.5. The lowest BCUT2D eigenvalue weighted by Gasteiger charge is -2.26. The summed E-state index contributed by atoms with van der Waals surface area (Å²) in [6, 6.07) is 18.0. The Morgan fingerprint density at radius 2 is 1.73 bits per heavy atom. The van der Waals surface area contributed by atoms with Crippen molar-refractivity contribution in [3.63, 3.8) is 0 Å². The molecule has 8 nitrogen and oxygen atoms in total. The van der Waals surface area contributed by atoms with Gasteiger partial charge in [0, 0.05) is 24.2 Å². The molecule has 0 aliphatic carbocycles. The van der Waals surface area contributed by atoms with Crippen molar-refractivity contribution in [3.05, 3.63) is 100 Å². The minimum Gasteiger partial charge on any atom is -0.493 e. The summed E-state index contributed by atoms with van der Waals surface area (Å²) >= 11 is 0. The first-order valence-electron chi connectivity index (χ1n) is 13.2. The minimum absolute atomic E-state index is 0.0610. The summed E-state index contributed by atoms with van der Waals surface area (Å²) in [6.45, 7) is 1.72. The maximum absolute atomic E-state index is 14.0. The lowest BCUT2D eigenvalue weighted by Crippen LogP contribution is -2.35. The van der Waals surface area contributed by atoms with E-state index < -0.39 is 17.8 Å². The second kappa shape index (κ2) is 12.0. The third kappa shape index (κ3) is 5.98. The van der Waals surface area contributed by atoms with Gasteiger partial charge in [0.15, 0.2) is 11.5 Å². The molecule has 206 valence electrons. The third-order valence-corrected chi connectivity index (χ3v) is 6.99. The van der Waals surface area contributed by atoms with Gasteiger partial charge in [0.2, 0.25) is 0 Å². The molecule has 5 rings (SSSR count). The number of rotatable bonds is 8. The average molecular weight is 544 g/mol. The van der Waals surface area contributed by atoms with Gasteiger partial charge in [0.1, 0.15) is 18.1 Å². The van der Waals surface area contributed by atoms with Crippen LogP contribution in [0.25, 0.3) is 6.08 Å². The first-order chi connectivity index (χ1) is 19.4. The highest BCUT2D eigenvalue weighted by atomic mass is 19.1. The van der Waals surface area contributed by atoms with Crippen molar-refractivity contribution in [1.29, 1.82) is 0 Å². The number of piperidine rings is 1. The molecule has 4 amide bonds. The van der Waals surface area contributed by atoms with Crippen LogP contribution >= 0.6 is 0 Å². The molecule has 0 atom stereocenters. The van der Waals surface area contributed by atoms with Gasteiger partial charge in [-0.15, -0.1) is 0 Å². The van der Waals surface area contributed by atoms with Gasteiger partial charge in [-0.05, 0) is 66.8 Å². The first-order valence-corrected chi connectivity index (χ1v) is 13.2. The van der Waals surface area contributed by atoms with E-state index in [1.165, 1.54) is 31.7 Å². The van der Waals surface area contributed by atoms with Crippen LogP contribution in [0.1, 0.15) is 46.3 Å². The van der Waals surface area contributed by atoms with Crippen molar-refractivity contribution >= 4 is 23.9 Å². The van der Waals surface area contributed by atoms with Crippen LogP contribution in [-0.4, -0.2) is 47.8 Å². The summed E-state index contributed by atoms with van der Waals surface area (Å²) in [5, 5.41) is 2.55.